The fourth-order valence-corrected chi connectivity index (χ4v) is 3.69. The summed E-state index contributed by atoms with van der Waals surface area (Å²) >= 11 is 1.77. The number of thioether (sulfide) groups is 1. The lowest BCUT2D eigenvalue weighted by atomic mass is 10.2. The summed E-state index contributed by atoms with van der Waals surface area (Å²) in [5.74, 6) is 0. The summed E-state index contributed by atoms with van der Waals surface area (Å²) in [5.41, 5.74) is 2.52. The fraction of sp³-hybridized carbons (Fsp3) is 0.294. The van der Waals surface area contributed by atoms with Crippen molar-refractivity contribution in [3.8, 4) is 0 Å². The third-order valence-electron chi connectivity index (χ3n) is 3.39. The maximum atomic E-state index is 3.49. The molecule has 2 aromatic rings. The van der Waals surface area contributed by atoms with E-state index in [4.69, 9.17) is 0 Å². The van der Waals surface area contributed by atoms with Crippen LogP contribution in [0, 0.1) is 0 Å². The molecule has 106 valence electrons. The molecule has 0 bridgehead atoms. The third kappa shape index (κ3) is 4.15. The molecule has 0 unspecified atom stereocenters. The van der Waals surface area contributed by atoms with Gasteiger partial charge in [0.15, 0.2) is 0 Å². The zero-order valence-electron chi connectivity index (χ0n) is 12.7. The van der Waals surface area contributed by atoms with Crippen LogP contribution in [-0.4, -0.2) is 14.3 Å². The minimum absolute atomic E-state index is 0.879. The Bertz CT molecular complexity index is 558. The first kappa shape index (κ1) is 15.2. The smallest absolute Gasteiger partial charge is 0.0775 e. The zero-order chi connectivity index (χ0) is 14.6. The normalized spacial score (nSPS) is 11.4. The van der Waals surface area contributed by atoms with Crippen LogP contribution in [0.1, 0.15) is 5.56 Å². The highest BCUT2D eigenvalue weighted by atomic mass is 32.2. The zero-order valence-corrected chi connectivity index (χ0v) is 14.6. The Labute approximate surface area is 127 Å². The molecular weight excluding hydrogens is 278 g/mol. The SMILES string of the molecule is CSc1cccc(NCc2ccc([Si](C)(C)C)cc2)c1. The predicted molar refractivity (Wildman–Crippen MR) is 95.0 cm³/mol. The molecule has 0 aliphatic heterocycles. The fourth-order valence-electron chi connectivity index (χ4n) is 2.06. The van der Waals surface area contributed by atoms with E-state index in [1.807, 2.05) is 0 Å². The molecule has 0 amide bonds. The second-order valence-electron chi connectivity index (χ2n) is 6.03. The van der Waals surface area contributed by atoms with Gasteiger partial charge in [0.05, 0.1) is 8.07 Å². The van der Waals surface area contributed by atoms with Gasteiger partial charge in [0.25, 0.3) is 0 Å². The lowest BCUT2D eigenvalue weighted by Crippen LogP contribution is -2.37. The standard InChI is InChI=1S/C17H23NSSi/c1-19-16-7-5-6-15(12-16)18-13-14-8-10-17(11-9-14)20(2,3)4/h5-12,18H,13H2,1-4H3. The van der Waals surface area contributed by atoms with Crippen molar-refractivity contribution in [1.29, 1.82) is 0 Å². The third-order valence-corrected chi connectivity index (χ3v) is 6.18. The van der Waals surface area contributed by atoms with Crippen LogP contribution >= 0.6 is 11.8 Å². The molecule has 0 aliphatic carbocycles. The summed E-state index contributed by atoms with van der Waals surface area (Å²) in [4.78, 5) is 1.30. The van der Waals surface area contributed by atoms with Crippen molar-refractivity contribution in [1.82, 2.24) is 0 Å². The lowest BCUT2D eigenvalue weighted by Gasteiger charge is -2.17. The number of nitrogens with one attached hydrogen (secondary N) is 1. The Morgan fingerprint density at radius 2 is 1.70 bits per heavy atom. The van der Waals surface area contributed by atoms with Gasteiger partial charge in [0, 0.05) is 17.1 Å². The lowest BCUT2D eigenvalue weighted by molar-refractivity contribution is 1.15. The molecule has 1 N–H and O–H groups in total. The van der Waals surface area contributed by atoms with E-state index >= 15 is 0 Å². The van der Waals surface area contributed by atoms with Crippen molar-refractivity contribution < 1.29 is 0 Å². The highest BCUT2D eigenvalue weighted by Crippen LogP contribution is 2.19. The minimum Gasteiger partial charge on any atom is -0.381 e. The van der Waals surface area contributed by atoms with E-state index < -0.39 is 8.07 Å². The van der Waals surface area contributed by atoms with E-state index in [0.29, 0.717) is 0 Å². The monoisotopic (exact) mass is 301 g/mol. The van der Waals surface area contributed by atoms with Crippen molar-refractivity contribution in [2.75, 3.05) is 11.6 Å². The molecule has 0 radical (unpaired) electrons. The summed E-state index contributed by atoms with van der Waals surface area (Å²) in [6, 6.07) is 17.6. The summed E-state index contributed by atoms with van der Waals surface area (Å²) in [7, 11) is -1.18. The van der Waals surface area contributed by atoms with E-state index in [2.05, 4.69) is 79.7 Å². The van der Waals surface area contributed by atoms with Gasteiger partial charge in [-0.2, -0.15) is 0 Å². The van der Waals surface area contributed by atoms with Crippen LogP contribution in [0.2, 0.25) is 19.6 Å². The van der Waals surface area contributed by atoms with E-state index in [-0.39, 0.29) is 0 Å². The Morgan fingerprint density at radius 1 is 1.00 bits per heavy atom. The van der Waals surface area contributed by atoms with Crippen LogP contribution in [0.5, 0.6) is 0 Å². The highest BCUT2D eigenvalue weighted by molar-refractivity contribution is 7.98. The molecule has 0 aromatic heterocycles. The number of benzene rings is 2. The topological polar surface area (TPSA) is 12.0 Å². The summed E-state index contributed by atoms with van der Waals surface area (Å²) in [6.45, 7) is 8.03. The average molecular weight is 302 g/mol. The molecule has 20 heavy (non-hydrogen) atoms. The predicted octanol–water partition coefficient (Wildman–Crippen LogP) is 4.57. The first-order chi connectivity index (χ1) is 9.49. The van der Waals surface area contributed by atoms with Gasteiger partial charge in [0.1, 0.15) is 0 Å². The maximum absolute atomic E-state index is 3.49. The van der Waals surface area contributed by atoms with Gasteiger partial charge >= 0.3 is 0 Å². The maximum Gasteiger partial charge on any atom is 0.0775 e. The molecule has 0 atom stereocenters. The molecule has 0 heterocycles. The number of anilines is 1. The Balaban J connectivity index is 2.00. The van der Waals surface area contributed by atoms with Crippen molar-refractivity contribution >= 4 is 30.7 Å². The average Bonchev–Trinajstić information content (AvgIpc) is 2.45. The van der Waals surface area contributed by atoms with Gasteiger partial charge in [0.2, 0.25) is 0 Å². The quantitative estimate of drug-likeness (QED) is 0.641. The van der Waals surface area contributed by atoms with Crippen LogP contribution < -0.4 is 10.5 Å². The molecular formula is C17H23NSSi. The highest BCUT2D eigenvalue weighted by Gasteiger charge is 2.15. The van der Waals surface area contributed by atoms with Gasteiger partial charge in [-0.05, 0) is 30.0 Å². The number of rotatable bonds is 5. The first-order valence-corrected chi connectivity index (χ1v) is 11.7. The molecule has 2 aromatic carbocycles. The van der Waals surface area contributed by atoms with Gasteiger partial charge in [-0.25, -0.2) is 0 Å². The molecule has 0 saturated heterocycles. The minimum atomic E-state index is -1.18. The second kappa shape index (κ2) is 6.51. The molecule has 0 saturated carbocycles. The van der Waals surface area contributed by atoms with Crippen LogP contribution in [0.25, 0.3) is 0 Å². The summed E-state index contributed by atoms with van der Waals surface area (Å²) in [5, 5.41) is 5.01. The van der Waals surface area contributed by atoms with Crippen molar-refractivity contribution in [2.24, 2.45) is 0 Å². The molecule has 0 spiro atoms. The van der Waals surface area contributed by atoms with Crippen LogP contribution in [0.15, 0.2) is 53.4 Å². The van der Waals surface area contributed by atoms with E-state index in [0.717, 1.165) is 6.54 Å². The van der Waals surface area contributed by atoms with Gasteiger partial charge in [-0.1, -0.05) is 55.2 Å². The largest absolute Gasteiger partial charge is 0.381 e. The van der Waals surface area contributed by atoms with E-state index in [9.17, 15) is 0 Å². The Hall–Kier alpha value is -1.19. The number of hydrogen-bond acceptors (Lipinski definition) is 2. The summed E-state index contributed by atoms with van der Waals surface area (Å²) in [6.07, 6.45) is 2.11. The molecule has 1 nitrogen and oxygen atoms in total. The van der Waals surface area contributed by atoms with Crippen molar-refractivity contribution in [3.63, 3.8) is 0 Å². The van der Waals surface area contributed by atoms with Crippen LogP contribution in [-0.2, 0) is 6.54 Å². The first-order valence-electron chi connectivity index (χ1n) is 6.96. The van der Waals surface area contributed by atoms with Crippen LogP contribution in [0.3, 0.4) is 0 Å². The van der Waals surface area contributed by atoms with Gasteiger partial charge < -0.3 is 5.32 Å². The van der Waals surface area contributed by atoms with Crippen molar-refractivity contribution in [3.05, 3.63) is 54.1 Å². The number of hydrogen-bond donors (Lipinski definition) is 1. The van der Waals surface area contributed by atoms with Crippen LogP contribution in [0.4, 0.5) is 5.69 Å². The second-order valence-corrected chi connectivity index (χ2v) is 12.0. The summed E-state index contributed by atoms with van der Waals surface area (Å²) < 4.78 is 0. The Morgan fingerprint density at radius 3 is 2.30 bits per heavy atom. The molecule has 2 rings (SSSR count). The molecule has 0 fully saturated rings. The van der Waals surface area contributed by atoms with Gasteiger partial charge in [-0.15, -0.1) is 11.8 Å². The Kier molecular flexibility index (Phi) is 4.94. The van der Waals surface area contributed by atoms with E-state index in [1.165, 1.54) is 21.3 Å². The molecule has 0 aliphatic rings. The van der Waals surface area contributed by atoms with Crippen molar-refractivity contribution in [2.45, 2.75) is 31.1 Å². The van der Waals surface area contributed by atoms with Gasteiger partial charge in [-0.3, -0.25) is 0 Å². The molecule has 3 heteroatoms. The van der Waals surface area contributed by atoms with E-state index in [1.54, 1.807) is 11.8 Å².